The van der Waals surface area contributed by atoms with Crippen LogP contribution in [0.2, 0.25) is 0 Å². The minimum Gasteiger partial charge on any atom is -0.487 e. The van der Waals surface area contributed by atoms with Gasteiger partial charge in [0.05, 0.1) is 29.7 Å². The molecule has 0 spiro atoms. The Bertz CT molecular complexity index is 1310. The summed E-state index contributed by atoms with van der Waals surface area (Å²) in [5, 5.41) is 11.2. The van der Waals surface area contributed by atoms with E-state index in [9.17, 15) is 19.2 Å². The van der Waals surface area contributed by atoms with Gasteiger partial charge in [0.1, 0.15) is 16.4 Å². The van der Waals surface area contributed by atoms with Gasteiger partial charge in [0.25, 0.3) is 17.7 Å². The van der Waals surface area contributed by atoms with Crippen molar-refractivity contribution in [2.45, 2.75) is 32.4 Å². The summed E-state index contributed by atoms with van der Waals surface area (Å²) in [5.74, 6) is -0.873. The number of Topliss-reactive ketones (excluding diaryl/α,β-unsaturated/α-hetero) is 1. The molecule has 2 aromatic carbocycles. The second kappa shape index (κ2) is 7.59. The first kappa shape index (κ1) is 21.0. The zero-order chi connectivity index (χ0) is 23.3. The Morgan fingerprint density at radius 1 is 1.06 bits per heavy atom. The molecule has 0 radical (unpaired) electrons. The lowest BCUT2D eigenvalue weighted by atomic mass is 9.92. The van der Waals surface area contributed by atoms with E-state index in [0.29, 0.717) is 27.4 Å². The first-order valence-electron chi connectivity index (χ1n) is 10.2. The van der Waals surface area contributed by atoms with Gasteiger partial charge in [-0.05, 0) is 44.2 Å². The molecule has 166 valence electrons. The van der Waals surface area contributed by atoms with E-state index in [1.54, 1.807) is 36.4 Å². The third kappa shape index (κ3) is 3.78. The molecule has 0 unspecified atom stereocenters. The quantitative estimate of drug-likeness (QED) is 0.591. The Morgan fingerprint density at radius 2 is 1.76 bits per heavy atom. The van der Waals surface area contributed by atoms with E-state index in [1.807, 2.05) is 13.8 Å². The molecule has 0 saturated heterocycles. The molecule has 0 saturated carbocycles. The number of hydrogen-bond donors (Lipinski definition) is 1. The van der Waals surface area contributed by atoms with Crippen molar-refractivity contribution >= 4 is 40.0 Å². The Morgan fingerprint density at radius 3 is 2.45 bits per heavy atom. The highest BCUT2D eigenvalue weighted by atomic mass is 32.1. The third-order valence-corrected chi connectivity index (χ3v) is 6.20. The maximum absolute atomic E-state index is 12.7. The fourth-order valence-corrected chi connectivity index (χ4v) is 4.57. The SMILES string of the molecule is CC1(C)CC(=O)c2cc(C(=O)Nc3nnc(CN4C(=O)c5ccccc5C4=O)s3)ccc2O1. The molecule has 2 aliphatic rings. The molecule has 0 aliphatic carbocycles. The predicted octanol–water partition coefficient (Wildman–Crippen LogP) is 3.33. The number of anilines is 1. The molecule has 3 heterocycles. The van der Waals surface area contributed by atoms with E-state index >= 15 is 0 Å². The molecular weight excluding hydrogens is 444 g/mol. The summed E-state index contributed by atoms with van der Waals surface area (Å²) in [6.45, 7) is 3.63. The minimum atomic E-state index is -0.587. The molecule has 10 heteroatoms. The number of nitrogens with zero attached hydrogens (tertiary/aromatic N) is 3. The lowest BCUT2D eigenvalue weighted by Crippen LogP contribution is -2.36. The number of ether oxygens (including phenoxy) is 1. The van der Waals surface area contributed by atoms with Gasteiger partial charge >= 0.3 is 0 Å². The highest BCUT2D eigenvalue weighted by Gasteiger charge is 2.36. The number of carbonyl (C=O) groups excluding carboxylic acids is 4. The molecule has 0 bridgehead atoms. The number of hydrogen-bond acceptors (Lipinski definition) is 8. The van der Waals surface area contributed by atoms with Crippen LogP contribution in [0.1, 0.15) is 66.7 Å². The van der Waals surface area contributed by atoms with Crippen LogP contribution in [0.25, 0.3) is 0 Å². The Balaban J connectivity index is 1.29. The number of imide groups is 1. The van der Waals surface area contributed by atoms with Crippen LogP contribution in [0.4, 0.5) is 5.13 Å². The van der Waals surface area contributed by atoms with Gasteiger partial charge in [0.2, 0.25) is 5.13 Å². The molecule has 9 nitrogen and oxygen atoms in total. The van der Waals surface area contributed by atoms with Crippen LogP contribution in [-0.4, -0.2) is 44.2 Å². The highest BCUT2D eigenvalue weighted by molar-refractivity contribution is 7.15. The maximum Gasteiger partial charge on any atom is 0.261 e. The number of aromatic nitrogens is 2. The smallest absolute Gasteiger partial charge is 0.261 e. The summed E-state index contributed by atoms with van der Waals surface area (Å²) in [6.07, 6.45) is 0.225. The zero-order valence-corrected chi connectivity index (χ0v) is 18.6. The lowest BCUT2D eigenvalue weighted by molar-refractivity contribution is 0.0613. The first-order chi connectivity index (χ1) is 15.7. The number of carbonyl (C=O) groups is 4. The molecule has 2 aliphatic heterocycles. The fraction of sp³-hybridized carbons (Fsp3) is 0.217. The molecule has 1 N–H and O–H groups in total. The molecule has 33 heavy (non-hydrogen) atoms. The molecule has 5 rings (SSSR count). The molecule has 0 fully saturated rings. The molecule has 3 amide bonds. The number of ketones is 1. The van der Waals surface area contributed by atoms with E-state index in [1.165, 1.54) is 6.07 Å². The topological polar surface area (TPSA) is 119 Å². The van der Waals surface area contributed by atoms with Crippen molar-refractivity contribution in [1.29, 1.82) is 0 Å². The Kier molecular flexibility index (Phi) is 4.82. The normalized spacial score (nSPS) is 16.3. The van der Waals surface area contributed by atoms with Gasteiger partial charge in [0.15, 0.2) is 5.78 Å². The summed E-state index contributed by atoms with van der Waals surface area (Å²) in [6, 6.07) is 11.3. The second-order valence-corrected chi connectivity index (χ2v) is 9.43. The summed E-state index contributed by atoms with van der Waals surface area (Å²) in [5.41, 5.74) is 0.772. The molecular formula is C23H18N4O5S. The second-order valence-electron chi connectivity index (χ2n) is 8.37. The number of amides is 3. The standard InChI is InChI=1S/C23H18N4O5S/c1-23(2)10-16(28)15-9-12(7-8-17(15)32-23)19(29)24-22-26-25-18(33-22)11-27-20(30)13-5-3-4-6-14(13)21(27)31/h3-9H,10-11H2,1-2H3,(H,24,26,29). The van der Waals surface area contributed by atoms with E-state index in [4.69, 9.17) is 4.74 Å². The molecule has 1 aromatic heterocycles. The van der Waals surface area contributed by atoms with E-state index in [2.05, 4.69) is 15.5 Å². The minimum absolute atomic E-state index is 0.0413. The van der Waals surface area contributed by atoms with Crippen molar-refractivity contribution in [2.24, 2.45) is 0 Å². The fourth-order valence-electron chi connectivity index (χ4n) is 3.85. The number of rotatable bonds is 4. The monoisotopic (exact) mass is 462 g/mol. The Hall–Kier alpha value is -3.92. The van der Waals surface area contributed by atoms with E-state index in [-0.39, 0.29) is 41.3 Å². The highest BCUT2D eigenvalue weighted by Crippen LogP contribution is 2.34. The van der Waals surface area contributed by atoms with E-state index < -0.39 is 11.5 Å². The van der Waals surface area contributed by atoms with Crippen LogP contribution >= 0.6 is 11.3 Å². The largest absolute Gasteiger partial charge is 0.487 e. The van der Waals surface area contributed by atoms with Gasteiger partial charge in [-0.1, -0.05) is 23.5 Å². The summed E-state index contributed by atoms with van der Waals surface area (Å²) in [4.78, 5) is 51.3. The van der Waals surface area contributed by atoms with Crippen LogP contribution in [0.15, 0.2) is 42.5 Å². The van der Waals surface area contributed by atoms with Crippen molar-refractivity contribution < 1.29 is 23.9 Å². The summed E-state index contributed by atoms with van der Waals surface area (Å²) in [7, 11) is 0. The number of fused-ring (bicyclic) bond motifs is 2. The van der Waals surface area contributed by atoms with Crippen LogP contribution in [0.5, 0.6) is 5.75 Å². The van der Waals surface area contributed by atoms with Crippen molar-refractivity contribution in [2.75, 3.05) is 5.32 Å². The van der Waals surface area contributed by atoms with Gasteiger partial charge in [-0.15, -0.1) is 10.2 Å². The number of nitrogens with one attached hydrogen (secondary N) is 1. The molecule has 3 aromatic rings. The lowest BCUT2D eigenvalue weighted by Gasteiger charge is -2.31. The van der Waals surface area contributed by atoms with Gasteiger partial charge in [-0.2, -0.15) is 0 Å². The van der Waals surface area contributed by atoms with Gasteiger partial charge < -0.3 is 4.74 Å². The van der Waals surface area contributed by atoms with E-state index in [0.717, 1.165) is 16.2 Å². The van der Waals surface area contributed by atoms with Crippen LogP contribution < -0.4 is 10.1 Å². The van der Waals surface area contributed by atoms with Crippen molar-refractivity contribution in [1.82, 2.24) is 15.1 Å². The van der Waals surface area contributed by atoms with Crippen LogP contribution in [0, 0.1) is 0 Å². The summed E-state index contributed by atoms with van der Waals surface area (Å²) >= 11 is 1.06. The Labute approximate surface area is 192 Å². The first-order valence-corrected chi connectivity index (χ1v) is 11.0. The van der Waals surface area contributed by atoms with Gasteiger partial charge in [-0.3, -0.25) is 29.4 Å². The maximum atomic E-state index is 12.7. The van der Waals surface area contributed by atoms with Gasteiger partial charge in [0, 0.05) is 5.56 Å². The van der Waals surface area contributed by atoms with Crippen LogP contribution in [0.3, 0.4) is 0 Å². The molecule has 0 atom stereocenters. The average Bonchev–Trinajstić information content (AvgIpc) is 3.31. The van der Waals surface area contributed by atoms with Crippen molar-refractivity contribution in [3.63, 3.8) is 0 Å². The summed E-state index contributed by atoms with van der Waals surface area (Å²) < 4.78 is 5.82. The third-order valence-electron chi connectivity index (χ3n) is 5.37. The van der Waals surface area contributed by atoms with Gasteiger partial charge in [-0.25, -0.2) is 0 Å². The number of benzene rings is 2. The van der Waals surface area contributed by atoms with Crippen molar-refractivity contribution in [3.8, 4) is 5.75 Å². The average molecular weight is 462 g/mol. The predicted molar refractivity (Wildman–Crippen MR) is 119 cm³/mol. The van der Waals surface area contributed by atoms with Crippen LogP contribution in [-0.2, 0) is 6.54 Å². The zero-order valence-electron chi connectivity index (χ0n) is 17.7. The van der Waals surface area contributed by atoms with Crippen molar-refractivity contribution in [3.05, 3.63) is 69.7 Å².